The van der Waals surface area contributed by atoms with Crippen LogP contribution >= 0.6 is 0 Å². The van der Waals surface area contributed by atoms with E-state index >= 15 is 0 Å². The molecule has 2 aromatic rings. The van der Waals surface area contributed by atoms with Crippen LogP contribution in [-0.4, -0.2) is 0 Å². The van der Waals surface area contributed by atoms with Gasteiger partial charge in [0.1, 0.15) is 0 Å². The number of benzene rings is 2. The van der Waals surface area contributed by atoms with Gasteiger partial charge < -0.3 is 4.74 Å². The molecule has 1 heterocycles. The predicted octanol–water partition coefficient (Wildman–Crippen LogP) is 5.55. The molecule has 1 aliphatic carbocycles. The Labute approximate surface area is 130 Å². The second-order valence-electron chi connectivity index (χ2n) is 5.24. The maximum Gasteiger partial charge on any atom is 0.0724 e. The minimum Gasteiger partial charge on any atom is -0.372 e. The predicted molar refractivity (Wildman–Crippen MR) is 91.5 cm³/mol. The van der Waals surface area contributed by atoms with Crippen molar-refractivity contribution >= 4 is 0 Å². The molecule has 0 unspecified atom stereocenters. The fourth-order valence-electron chi connectivity index (χ4n) is 2.79. The molecule has 2 aliphatic rings. The maximum absolute atomic E-state index is 5.21. The second kappa shape index (κ2) is 8.63. The van der Waals surface area contributed by atoms with E-state index in [0.717, 1.165) is 13.2 Å². The Hall–Kier alpha value is -1.60. The Morgan fingerprint density at radius 3 is 1.38 bits per heavy atom. The van der Waals surface area contributed by atoms with Gasteiger partial charge in [0.15, 0.2) is 0 Å². The van der Waals surface area contributed by atoms with Crippen LogP contribution in [0.4, 0.5) is 0 Å². The Bertz CT molecular complexity index is 497. The molecule has 0 amide bonds. The van der Waals surface area contributed by atoms with Crippen LogP contribution in [0.5, 0.6) is 0 Å². The van der Waals surface area contributed by atoms with Crippen LogP contribution in [0, 0.1) is 0 Å². The van der Waals surface area contributed by atoms with Crippen LogP contribution in [0.25, 0.3) is 0 Å². The summed E-state index contributed by atoms with van der Waals surface area (Å²) in [4.78, 5) is 0. The molecule has 0 radical (unpaired) electrons. The van der Waals surface area contributed by atoms with Crippen molar-refractivity contribution in [3.05, 3.63) is 70.8 Å². The molecule has 4 rings (SSSR count). The first-order valence-corrected chi connectivity index (χ1v) is 7.15. The molecule has 2 aromatic carbocycles. The molecular weight excluding hydrogens is 256 g/mol. The highest BCUT2D eigenvalue weighted by atomic mass is 16.5. The first-order chi connectivity index (χ1) is 9.43. The van der Waals surface area contributed by atoms with Gasteiger partial charge >= 0.3 is 0 Å². The number of aryl methyl sites for hydroxylation is 2. The van der Waals surface area contributed by atoms with Gasteiger partial charge in [-0.15, -0.1) is 0 Å². The first-order valence-electron chi connectivity index (χ1n) is 7.15. The molecule has 114 valence electrons. The van der Waals surface area contributed by atoms with Gasteiger partial charge in [0.2, 0.25) is 0 Å². The van der Waals surface area contributed by atoms with Crippen molar-refractivity contribution in [2.24, 2.45) is 0 Å². The molecule has 0 bridgehead atoms. The number of fused-ring (bicyclic) bond motifs is 2. The summed E-state index contributed by atoms with van der Waals surface area (Å²) in [6.45, 7) is 1.60. The zero-order valence-electron chi connectivity index (χ0n) is 11.3. The molecule has 0 spiro atoms. The molecular formula is C20H28O. The van der Waals surface area contributed by atoms with Crippen LogP contribution in [0.15, 0.2) is 48.5 Å². The van der Waals surface area contributed by atoms with E-state index in [0.29, 0.717) is 0 Å². The van der Waals surface area contributed by atoms with Crippen molar-refractivity contribution in [3.63, 3.8) is 0 Å². The summed E-state index contributed by atoms with van der Waals surface area (Å²) >= 11 is 0. The van der Waals surface area contributed by atoms with Gasteiger partial charge in [0.25, 0.3) is 0 Å². The lowest BCUT2D eigenvalue weighted by Crippen LogP contribution is -2.00. The normalized spacial score (nSPS) is 14.5. The lowest BCUT2D eigenvalue weighted by atomic mass is 9.92. The third-order valence-corrected chi connectivity index (χ3v) is 3.89. The van der Waals surface area contributed by atoms with Gasteiger partial charge in [-0.3, -0.25) is 0 Å². The van der Waals surface area contributed by atoms with Crippen molar-refractivity contribution in [3.8, 4) is 0 Å². The second-order valence-corrected chi connectivity index (χ2v) is 5.24. The summed E-state index contributed by atoms with van der Waals surface area (Å²) in [6.07, 6.45) is 5.38. The highest BCUT2D eigenvalue weighted by Crippen LogP contribution is 2.20. The number of hydrogen-bond acceptors (Lipinski definition) is 1. The highest BCUT2D eigenvalue weighted by molar-refractivity contribution is 5.29. The molecule has 1 heteroatoms. The Morgan fingerprint density at radius 2 is 0.952 bits per heavy atom. The molecule has 1 nitrogen and oxygen atoms in total. The van der Waals surface area contributed by atoms with E-state index in [9.17, 15) is 0 Å². The van der Waals surface area contributed by atoms with E-state index in [1.807, 2.05) is 12.1 Å². The highest BCUT2D eigenvalue weighted by Gasteiger charge is 2.07. The fraction of sp³-hybridized carbons (Fsp3) is 0.400. The van der Waals surface area contributed by atoms with Crippen LogP contribution < -0.4 is 0 Å². The summed E-state index contributed by atoms with van der Waals surface area (Å²) in [5, 5.41) is 0. The number of hydrogen-bond donors (Lipinski definition) is 0. The van der Waals surface area contributed by atoms with Crippen LogP contribution in [0.1, 0.15) is 49.9 Å². The summed E-state index contributed by atoms with van der Waals surface area (Å²) < 4.78 is 5.21. The van der Waals surface area contributed by atoms with E-state index in [-0.39, 0.29) is 14.9 Å². The van der Waals surface area contributed by atoms with Crippen LogP contribution in [0.2, 0.25) is 0 Å². The molecule has 0 atom stereocenters. The smallest absolute Gasteiger partial charge is 0.0724 e. The van der Waals surface area contributed by atoms with Crippen LogP contribution in [0.3, 0.4) is 0 Å². The van der Waals surface area contributed by atoms with Crippen molar-refractivity contribution in [1.82, 2.24) is 0 Å². The van der Waals surface area contributed by atoms with E-state index < -0.39 is 0 Å². The van der Waals surface area contributed by atoms with Gasteiger partial charge in [-0.05, 0) is 47.9 Å². The topological polar surface area (TPSA) is 9.23 Å². The monoisotopic (exact) mass is 284 g/mol. The van der Waals surface area contributed by atoms with Crippen LogP contribution in [-0.2, 0) is 30.8 Å². The Kier molecular flexibility index (Phi) is 7.18. The van der Waals surface area contributed by atoms with Gasteiger partial charge in [0, 0.05) is 0 Å². The molecule has 0 aromatic heterocycles. The lowest BCUT2D eigenvalue weighted by Gasteiger charge is -2.13. The number of ether oxygens (including phenoxy) is 1. The maximum atomic E-state index is 5.21. The van der Waals surface area contributed by atoms with Crippen molar-refractivity contribution in [1.29, 1.82) is 0 Å². The van der Waals surface area contributed by atoms with Gasteiger partial charge in [-0.1, -0.05) is 63.4 Å². The molecule has 0 saturated carbocycles. The lowest BCUT2D eigenvalue weighted by molar-refractivity contribution is 0.134. The average Bonchev–Trinajstić information content (AvgIpc) is 2.96. The third-order valence-electron chi connectivity index (χ3n) is 3.89. The third kappa shape index (κ3) is 4.44. The Morgan fingerprint density at radius 1 is 0.571 bits per heavy atom. The Balaban J connectivity index is 0.000000192. The largest absolute Gasteiger partial charge is 0.372 e. The van der Waals surface area contributed by atoms with Gasteiger partial charge in [-0.2, -0.15) is 0 Å². The van der Waals surface area contributed by atoms with Gasteiger partial charge in [-0.25, -0.2) is 0 Å². The van der Waals surface area contributed by atoms with Crippen molar-refractivity contribution in [2.45, 2.75) is 53.8 Å². The minimum absolute atomic E-state index is 0. The van der Waals surface area contributed by atoms with Crippen molar-refractivity contribution in [2.75, 3.05) is 0 Å². The molecule has 0 N–H and O–H groups in total. The molecule has 0 saturated heterocycles. The van der Waals surface area contributed by atoms with Crippen molar-refractivity contribution < 1.29 is 4.74 Å². The first kappa shape index (κ1) is 17.5. The average molecular weight is 284 g/mol. The summed E-state index contributed by atoms with van der Waals surface area (Å²) in [7, 11) is 0. The van der Waals surface area contributed by atoms with Gasteiger partial charge in [0.05, 0.1) is 13.2 Å². The SMILES string of the molecule is C.C.c1ccc2c(c1)CCCC2.c1ccc2c(c1)COC2. The molecule has 21 heavy (non-hydrogen) atoms. The summed E-state index contributed by atoms with van der Waals surface area (Å²) in [6, 6.07) is 17.1. The zero-order valence-corrected chi connectivity index (χ0v) is 11.3. The van der Waals surface area contributed by atoms with E-state index in [1.165, 1.54) is 36.8 Å². The van der Waals surface area contributed by atoms with E-state index in [2.05, 4.69) is 36.4 Å². The molecule has 0 fully saturated rings. The summed E-state index contributed by atoms with van der Waals surface area (Å²) in [5.74, 6) is 0. The standard InChI is InChI=1S/C10H12.C8H8O.2CH4/c1-2-6-10-8-4-3-7-9(10)5-1;1-2-4-8-6-9-5-7(8)3-1;;/h1-2,5-6H,3-4,7-8H2;1-4H,5-6H2;2*1H4. The minimum atomic E-state index is 0. The zero-order chi connectivity index (χ0) is 12.9. The van der Waals surface area contributed by atoms with E-state index in [4.69, 9.17) is 4.74 Å². The van der Waals surface area contributed by atoms with E-state index in [1.54, 1.807) is 11.1 Å². The fourth-order valence-corrected chi connectivity index (χ4v) is 2.79. The summed E-state index contributed by atoms with van der Waals surface area (Å²) in [5.41, 5.74) is 5.84. The quantitative estimate of drug-likeness (QED) is 0.616. The number of rotatable bonds is 0. The molecule has 1 aliphatic heterocycles.